The Morgan fingerprint density at radius 3 is 2.63 bits per heavy atom. The number of ketones is 1. The number of aliphatic hydroxyl groups excluding tert-OH is 2. The van der Waals surface area contributed by atoms with Crippen LogP contribution in [0.1, 0.15) is 47.5 Å². The van der Waals surface area contributed by atoms with Crippen molar-refractivity contribution in [1.82, 2.24) is 0 Å². The summed E-state index contributed by atoms with van der Waals surface area (Å²) in [4.78, 5) is 23.4. The van der Waals surface area contributed by atoms with Gasteiger partial charge in [-0.1, -0.05) is 47.1 Å². The second-order valence-electron chi connectivity index (χ2n) is 8.18. The highest BCUT2D eigenvalue weighted by Crippen LogP contribution is 2.48. The second kappa shape index (κ2) is 10.2. The van der Waals surface area contributed by atoms with E-state index in [0.29, 0.717) is 0 Å². The molecule has 4 atom stereocenters. The minimum Gasteiger partial charge on any atom is -0.461 e. The third kappa shape index (κ3) is 5.88. The van der Waals surface area contributed by atoms with Crippen molar-refractivity contribution in [3.8, 4) is 0 Å². The molecule has 0 saturated carbocycles. The maximum absolute atomic E-state index is 12.4. The first-order chi connectivity index (χ1) is 14.1. The molecule has 2 rings (SSSR count). The standard InChI is InChI=1S/C24H32O6/c1-15(2)8-6-9-16(3)10-7-11-17(4)12-20(26)24-21(27)13-19(14-29-18(5)25)22(28)23(24)30-24/h7-8,10-13,20-21,23,26-27H,6,9,14H2,1-5H3/b11-7+,16-10+,17-12+/t20?,21-,23-,24+/m0/s1. The van der Waals surface area contributed by atoms with Crippen molar-refractivity contribution in [2.45, 2.75) is 71.4 Å². The summed E-state index contributed by atoms with van der Waals surface area (Å²) in [6, 6.07) is 0. The van der Waals surface area contributed by atoms with Crippen molar-refractivity contribution < 1.29 is 29.3 Å². The molecular weight excluding hydrogens is 384 g/mol. The van der Waals surface area contributed by atoms with Crippen LogP contribution in [0.4, 0.5) is 0 Å². The second-order valence-corrected chi connectivity index (χ2v) is 8.18. The fourth-order valence-corrected chi connectivity index (χ4v) is 3.39. The predicted octanol–water partition coefficient (Wildman–Crippen LogP) is 3.11. The van der Waals surface area contributed by atoms with E-state index in [1.165, 1.54) is 24.1 Å². The molecule has 1 saturated heterocycles. The van der Waals surface area contributed by atoms with E-state index in [9.17, 15) is 19.8 Å². The molecule has 0 aromatic rings. The Morgan fingerprint density at radius 1 is 1.30 bits per heavy atom. The third-order valence-corrected chi connectivity index (χ3v) is 5.20. The lowest BCUT2D eigenvalue weighted by Gasteiger charge is -2.25. The van der Waals surface area contributed by atoms with E-state index >= 15 is 0 Å². The van der Waals surface area contributed by atoms with Crippen molar-refractivity contribution in [2.75, 3.05) is 6.61 Å². The first-order valence-corrected chi connectivity index (χ1v) is 10.2. The molecule has 1 unspecified atom stereocenters. The lowest BCUT2D eigenvalue weighted by Crippen LogP contribution is -2.46. The van der Waals surface area contributed by atoms with Gasteiger partial charge in [0.1, 0.15) is 18.8 Å². The maximum Gasteiger partial charge on any atom is 0.302 e. The molecule has 2 aliphatic rings. The number of rotatable bonds is 9. The van der Waals surface area contributed by atoms with Gasteiger partial charge in [0.15, 0.2) is 17.5 Å². The van der Waals surface area contributed by atoms with E-state index < -0.39 is 29.9 Å². The van der Waals surface area contributed by atoms with E-state index in [2.05, 4.69) is 26.8 Å². The molecule has 0 aromatic carbocycles. The van der Waals surface area contributed by atoms with Crippen LogP contribution in [-0.4, -0.2) is 52.5 Å². The van der Waals surface area contributed by atoms with E-state index in [1.807, 2.05) is 25.2 Å². The zero-order valence-corrected chi connectivity index (χ0v) is 18.3. The van der Waals surface area contributed by atoms with E-state index in [4.69, 9.17) is 9.47 Å². The number of esters is 1. The van der Waals surface area contributed by atoms with Gasteiger partial charge in [-0.2, -0.15) is 0 Å². The molecule has 0 radical (unpaired) electrons. The summed E-state index contributed by atoms with van der Waals surface area (Å²) >= 11 is 0. The quantitative estimate of drug-likeness (QED) is 0.259. The minimum atomic E-state index is -1.37. The lowest BCUT2D eigenvalue weighted by molar-refractivity contribution is -0.140. The van der Waals surface area contributed by atoms with Crippen molar-refractivity contribution in [1.29, 1.82) is 0 Å². The molecule has 1 aliphatic heterocycles. The van der Waals surface area contributed by atoms with Crippen LogP contribution in [0.5, 0.6) is 0 Å². The van der Waals surface area contributed by atoms with Gasteiger partial charge >= 0.3 is 5.97 Å². The number of epoxide rings is 1. The van der Waals surface area contributed by atoms with Crippen LogP contribution in [0, 0.1) is 0 Å². The first-order valence-electron chi connectivity index (χ1n) is 10.2. The number of Topliss-reactive ketones (excluding diaryl/α,β-unsaturated/α-hetero) is 1. The molecule has 0 aromatic heterocycles. The Balaban J connectivity index is 2.00. The number of carbonyl (C=O) groups excluding carboxylic acids is 2. The summed E-state index contributed by atoms with van der Waals surface area (Å²) in [6.45, 7) is 9.10. The summed E-state index contributed by atoms with van der Waals surface area (Å²) in [5.41, 5.74) is 2.15. The Morgan fingerprint density at radius 2 is 2.00 bits per heavy atom. The van der Waals surface area contributed by atoms with Crippen LogP contribution in [-0.2, 0) is 19.1 Å². The number of hydrogen-bond donors (Lipinski definition) is 2. The Bertz CT molecular complexity index is 825. The SMILES string of the molecule is CC(=O)OCC1=C[C@H](O)[C@@]2(C(O)/C=C(C)/C=C/C=C(\C)CCC=C(C)C)O[C@H]2C1=O. The van der Waals surface area contributed by atoms with Crippen molar-refractivity contribution in [3.63, 3.8) is 0 Å². The van der Waals surface area contributed by atoms with Crippen LogP contribution in [0.2, 0.25) is 0 Å². The van der Waals surface area contributed by atoms with E-state index in [0.717, 1.165) is 18.4 Å². The summed E-state index contributed by atoms with van der Waals surface area (Å²) < 4.78 is 10.3. The number of aliphatic hydroxyl groups is 2. The van der Waals surface area contributed by atoms with Crippen LogP contribution < -0.4 is 0 Å². The number of ether oxygens (including phenoxy) is 2. The summed E-state index contributed by atoms with van der Waals surface area (Å²) in [5, 5.41) is 21.1. The maximum atomic E-state index is 12.4. The number of allylic oxidation sites excluding steroid dienone is 7. The van der Waals surface area contributed by atoms with Crippen molar-refractivity contribution in [2.24, 2.45) is 0 Å². The molecule has 0 spiro atoms. The Labute approximate surface area is 178 Å². The van der Waals surface area contributed by atoms with Gasteiger partial charge < -0.3 is 19.7 Å². The van der Waals surface area contributed by atoms with E-state index in [-0.39, 0.29) is 18.0 Å². The van der Waals surface area contributed by atoms with Crippen molar-refractivity contribution in [3.05, 3.63) is 58.7 Å². The molecular formula is C24H32O6. The van der Waals surface area contributed by atoms with Crippen LogP contribution in [0.3, 0.4) is 0 Å². The molecule has 1 aliphatic carbocycles. The molecule has 6 nitrogen and oxygen atoms in total. The molecule has 0 amide bonds. The summed E-state index contributed by atoms with van der Waals surface area (Å²) in [5.74, 6) is -0.893. The van der Waals surface area contributed by atoms with Gasteiger partial charge in [-0.25, -0.2) is 0 Å². The number of carbonyl (C=O) groups is 2. The minimum absolute atomic E-state index is 0.178. The number of fused-ring (bicyclic) bond motifs is 1. The van der Waals surface area contributed by atoms with Gasteiger partial charge in [0.25, 0.3) is 0 Å². The fourth-order valence-electron chi connectivity index (χ4n) is 3.39. The average molecular weight is 417 g/mol. The van der Waals surface area contributed by atoms with Gasteiger partial charge in [-0.05, 0) is 46.6 Å². The molecule has 2 N–H and O–H groups in total. The topological polar surface area (TPSA) is 96.4 Å². The molecule has 164 valence electrons. The predicted molar refractivity (Wildman–Crippen MR) is 115 cm³/mol. The van der Waals surface area contributed by atoms with Gasteiger partial charge in [0.2, 0.25) is 0 Å². The molecule has 6 heteroatoms. The smallest absolute Gasteiger partial charge is 0.302 e. The Kier molecular flexibility index (Phi) is 8.12. The van der Waals surface area contributed by atoms with Crippen LogP contribution in [0.25, 0.3) is 0 Å². The lowest BCUT2D eigenvalue weighted by atomic mass is 9.82. The highest BCUT2D eigenvalue weighted by Gasteiger charge is 2.70. The van der Waals surface area contributed by atoms with Gasteiger partial charge in [0.05, 0.1) is 0 Å². The van der Waals surface area contributed by atoms with Gasteiger partial charge in [0, 0.05) is 12.5 Å². The van der Waals surface area contributed by atoms with Gasteiger partial charge in [-0.3, -0.25) is 9.59 Å². The highest BCUT2D eigenvalue weighted by molar-refractivity contribution is 6.03. The molecule has 1 fully saturated rings. The molecule has 0 bridgehead atoms. The van der Waals surface area contributed by atoms with Crippen LogP contribution >= 0.6 is 0 Å². The third-order valence-electron chi connectivity index (χ3n) is 5.20. The number of hydrogen-bond acceptors (Lipinski definition) is 6. The summed E-state index contributed by atoms with van der Waals surface area (Å²) in [7, 11) is 0. The zero-order valence-electron chi connectivity index (χ0n) is 18.3. The normalized spacial score (nSPS) is 27.4. The Hall–Kier alpha value is -2.28. The zero-order chi connectivity index (χ0) is 22.5. The fraction of sp³-hybridized carbons (Fsp3) is 0.500. The average Bonchev–Trinajstić information content (AvgIpc) is 3.41. The van der Waals surface area contributed by atoms with Crippen molar-refractivity contribution >= 4 is 11.8 Å². The summed E-state index contributed by atoms with van der Waals surface area (Å²) in [6.07, 6.45) is 9.60. The highest BCUT2D eigenvalue weighted by atomic mass is 16.6. The molecule has 1 heterocycles. The largest absolute Gasteiger partial charge is 0.461 e. The monoisotopic (exact) mass is 416 g/mol. The van der Waals surface area contributed by atoms with Gasteiger partial charge in [-0.15, -0.1) is 0 Å². The van der Waals surface area contributed by atoms with E-state index in [1.54, 1.807) is 6.08 Å². The first kappa shape index (κ1) is 24.0. The molecule has 30 heavy (non-hydrogen) atoms. The van der Waals surface area contributed by atoms with Crippen LogP contribution in [0.15, 0.2) is 58.7 Å².